The summed E-state index contributed by atoms with van der Waals surface area (Å²) < 4.78 is 52.7. The quantitative estimate of drug-likeness (QED) is 0.881. The van der Waals surface area contributed by atoms with Crippen LogP contribution in [0.2, 0.25) is 0 Å². The molecule has 0 aliphatic carbocycles. The van der Waals surface area contributed by atoms with Gasteiger partial charge in [0.15, 0.2) is 0 Å². The lowest BCUT2D eigenvalue weighted by molar-refractivity contribution is -0.137. The van der Waals surface area contributed by atoms with Gasteiger partial charge in [0.25, 0.3) is 0 Å². The lowest BCUT2D eigenvalue weighted by atomic mass is 10.0. The van der Waals surface area contributed by atoms with Crippen molar-refractivity contribution in [3.8, 4) is 0 Å². The van der Waals surface area contributed by atoms with E-state index < -0.39 is 23.7 Å². The van der Waals surface area contributed by atoms with Crippen molar-refractivity contribution >= 4 is 0 Å². The van der Waals surface area contributed by atoms with Crippen LogP contribution in [0, 0.1) is 5.82 Å². The van der Waals surface area contributed by atoms with Crippen LogP contribution < -0.4 is 0 Å². The summed E-state index contributed by atoms with van der Waals surface area (Å²) in [5, 5.41) is 13.9. The van der Waals surface area contributed by atoms with Gasteiger partial charge in [-0.1, -0.05) is 0 Å². The van der Waals surface area contributed by atoms with E-state index in [-0.39, 0.29) is 12.0 Å². The number of aliphatic hydroxyl groups excluding tert-OH is 1. The van der Waals surface area contributed by atoms with E-state index in [0.29, 0.717) is 12.5 Å². The molecule has 0 fully saturated rings. The van der Waals surface area contributed by atoms with Gasteiger partial charge in [0.05, 0.1) is 17.9 Å². The molecule has 1 atom stereocenters. The topological polar surface area (TPSA) is 38.0 Å². The van der Waals surface area contributed by atoms with Gasteiger partial charge in [-0.25, -0.2) is 4.39 Å². The molecule has 0 amide bonds. The summed E-state index contributed by atoms with van der Waals surface area (Å²) >= 11 is 0. The highest BCUT2D eigenvalue weighted by atomic mass is 19.4. The Balaban J connectivity index is 2.11. The van der Waals surface area contributed by atoms with Crippen molar-refractivity contribution in [1.82, 2.24) is 9.78 Å². The van der Waals surface area contributed by atoms with Gasteiger partial charge in [-0.15, -0.1) is 0 Å². The van der Waals surface area contributed by atoms with Crippen LogP contribution in [-0.4, -0.2) is 14.9 Å². The molecule has 2 rings (SSSR count). The van der Waals surface area contributed by atoms with Crippen LogP contribution in [-0.2, 0) is 19.6 Å². The van der Waals surface area contributed by atoms with Gasteiger partial charge in [0.1, 0.15) is 5.82 Å². The average molecular weight is 302 g/mol. The maximum atomic E-state index is 13.3. The molecule has 0 bridgehead atoms. The molecule has 1 N–H and O–H groups in total. The SMILES string of the molecule is Cn1cc(CCC(O)c2cc(F)cc(C(F)(F)F)c2)cn1. The van der Waals surface area contributed by atoms with E-state index in [9.17, 15) is 22.7 Å². The van der Waals surface area contributed by atoms with Gasteiger partial charge >= 0.3 is 6.18 Å². The Morgan fingerprint density at radius 1 is 1.29 bits per heavy atom. The zero-order valence-electron chi connectivity index (χ0n) is 11.2. The molecule has 0 saturated heterocycles. The second-order valence-corrected chi connectivity index (χ2v) is 4.85. The van der Waals surface area contributed by atoms with Gasteiger partial charge in [-0.05, 0) is 42.2 Å². The van der Waals surface area contributed by atoms with E-state index in [2.05, 4.69) is 5.10 Å². The maximum absolute atomic E-state index is 13.3. The number of aryl methyl sites for hydroxylation is 2. The number of hydrogen-bond donors (Lipinski definition) is 1. The Labute approximate surface area is 118 Å². The summed E-state index contributed by atoms with van der Waals surface area (Å²) in [4.78, 5) is 0. The van der Waals surface area contributed by atoms with Gasteiger partial charge in [0, 0.05) is 13.2 Å². The molecule has 7 heteroatoms. The van der Waals surface area contributed by atoms with Crippen molar-refractivity contribution in [3.63, 3.8) is 0 Å². The number of halogens is 4. The van der Waals surface area contributed by atoms with Crippen molar-refractivity contribution in [3.05, 3.63) is 53.1 Å². The van der Waals surface area contributed by atoms with Crippen LogP contribution in [0.15, 0.2) is 30.6 Å². The van der Waals surface area contributed by atoms with Gasteiger partial charge in [-0.3, -0.25) is 4.68 Å². The van der Waals surface area contributed by atoms with Gasteiger partial charge in [0.2, 0.25) is 0 Å². The Bertz CT molecular complexity index is 622. The number of rotatable bonds is 4. The number of benzene rings is 1. The fraction of sp³-hybridized carbons (Fsp3) is 0.357. The van der Waals surface area contributed by atoms with Crippen LogP contribution in [0.3, 0.4) is 0 Å². The van der Waals surface area contributed by atoms with Crippen molar-refractivity contribution in [1.29, 1.82) is 0 Å². The summed E-state index contributed by atoms with van der Waals surface area (Å²) in [6, 6.07) is 2.11. The van der Waals surface area contributed by atoms with Crippen LogP contribution in [0.25, 0.3) is 0 Å². The largest absolute Gasteiger partial charge is 0.416 e. The van der Waals surface area contributed by atoms with Gasteiger partial charge in [-0.2, -0.15) is 18.3 Å². The zero-order valence-corrected chi connectivity index (χ0v) is 11.2. The third kappa shape index (κ3) is 4.04. The minimum atomic E-state index is -4.64. The third-order valence-corrected chi connectivity index (χ3v) is 3.10. The van der Waals surface area contributed by atoms with Gasteiger partial charge < -0.3 is 5.11 Å². The van der Waals surface area contributed by atoms with E-state index in [0.717, 1.165) is 17.7 Å². The Kier molecular flexibility index (Phi) is 4.32. The highest BCUT2D eigenvalue weighted by Gasteiger charge is 2.31. The zero-order chi connectivity index (χ0) is 15.6. The molecule has 0 aliphatic heterocycles. The molecule has 21 heavy (non-hydrogen) atoms. The average Bonchev–Trinajstić information content (AvgIpc) is 2.80. The standard InChI is InChI=1S/C14H14F4N2O/c1-20-8-9(7-19-20)2-3-13(21)10-4-11(14(16,17)18)6-12(15)5-10/h4-8,13,21H,2-3H2,1H3. The van der Waals surface area contributed by atoms with E-state index in [1.807, 2.05) is 0 Å². The second-order valence-electron chi connectivity index (χ2n) is 4.85. The first-order chi connectivity index (χ1) is 9.75. The lowest BCUT2D eigenvalue weighted by Gasteiger charge is -2.14. The predicted molar refractivity (Wildman–Crippen MR) is 67.9 cm³/mol. The summed E-state index contributed by atoms with van der Waals surface area (Å²) in [6.45, 7) is 0. The highest BCUT2D eigenvalue weighted by molar-refractivity contribution is 5.28. The van der Waals surface area contributed by atoms with E-state index in [1.54, 1.807) is 24.1 Å². The Hall–Kier alpha value is -1.89. The first-order valence-electron chi connectivity index (χ1n) is 6.29. The first kappa shape index (κ1) is 15.5. The highest BCUT2D eigenvalue weighted by Crippen LogP contribution is 2.32. The second kappa shape index (κ2) is 5.85. The smallest absolute Gasteiger partial charge is 0.388 e. The molecule has 1 heterocycles. The molecule has 1 aromatic heterocycles. The molecule has 0 saturated carbocycles. The van der Waals surface area contributed by atoms with Crippen LogP contribution in [0.1, 0.15) is 29.2 Å². The molecule has 2 aromatic rings. The normalized spacial score (nSPS) is 13.4. The van der Waals surface area contributed by atoms with E-state index >= 15 is 0 Å². The molecular weight excluding hydrogens is 288 g/mol. The molecule has 1 aromatic carbocycles. The Morgan fingerprint density at radius 2 is 2.00 bits per heavy atom. The number of alkyl halides is 3. The monoisotopic (exact) mass is 302 g/mol. The summed E-state index contributed by atoms with van der Waals surface area (Å²) in [5.74, 6) is -1.01. The minimum absolute atomic E-state index is 0.0776. The van der Waals surface area contributed by atoms with Crippen molar-refractivity contribution < 1.29 is 22.7 Å². The molecule has 1 unspecified atom stereocenters. The maximum Gasteiger partial charge on any atom is 0.416 e. The number of aliphatic hydroxyl groups is 1. The fourth-order valence-electron chi connectivity index (χ4n) is 2.04. The lowest BCUT2D eigenvalue weighted by Crippen LogP contribution is -2.08. The van der Waals surface area contributed by atoms with E-state index in [1.165, 1.54) is 0 Å². The molecule has 0 aliphatic rings. The molecule has 0 radical (unpaired) electrons. The van der Waals surface area contributed by atoms with Crippen LogP contribution in [0.4, 0.5) is 17.6 Å². The fourth-order valence-corrected chi connectivity index (χ4v) is 2.04. The predicted octanol–water partition coefficient (Wildman–Crippen LogP) is 3.24. The number of hydrogen-bond acceptors (Lipinski definition) is 2. The third-order valence-electron chi connectivity index (χ3n) is 3.10. The first-order valence-corrected chi connectivity index (χ1v) is 6.29. The Morgan fingerprint density at radius 3 is 2.57 bits per heavy atom. The number of nitrogens with zero attached hydrogens (tertiary/aromatic N) is 2. The summed E-state index contributed by atoms with van der Waals surface area (Å²) in [5.41, 5.74) is -0.326. The van der Waals surface area contributed by atoms with Crippen molar-refractivity contribution in [2.75, 3.05) is 0 Å². The van der Waals surface area contributed by atoms with Crippen LogP contribution in [0.5, 0.6) is 0 Å². The van der Waals surface area contributed by atoms with Crippen LogP contribution >= 0.6 is 0 Å². The van der Waals surface area contributed by atoms with E-state index in [4.69, 9.17) is 0 Å². The minimum Gasteiger partial charge on any atom is -0.388 e. The van der Waals surface area contributed by atoms with Crippen molar-refractivity contribution in [2.45, 2.75) is 25.1 Å². The molecule has 0 spiro atoms. The summed E-state index contributed by atoms with van der Waals surface area (Å²) in [6.07, 6.45) is -1.82. The van der Waals surface area contributed by atoms with Crippen molar-refractivity contribution in [2.24, 2.45) is 7.05 Å². The number of aromatic nitrogens is 2. The summed E-state index contributed by atoms with van der Waals surface area (Å²) in [7, 11) is 1.74. The molecular formula is C14H14F4N2O. The molecule has 3 nitrogen and oxygen atoms in total. The molecule has 114 valence electrons.